The number of nitrogens with zero attached hydrogens (tertiary/aromatic N) is 1. The topological polar surface area (TPSA) is 58.6 Å². The van der Waals surface area contributed by atoms with E-state index in [4.69, 9.17) is 4.74 Å². The summed E-state index contributed by atoms with van der Waals surface area (Å²) in [6.45, 7) is 3.76. The van der Waals surface area contributed by atoms with Gasteiger partial charge in [0, 0.05) is 18.3 Å². The molecule has 3 rings (SSSR count). The second-order valence-corrected chi connectivity index (χ2v) is 5.80. The lowest BCUT2D eigenvalue weighted by molar-refractivity contribution is -0.125. The van der Waals surface area contributed by atoms with Crippen molar-refractivity contribution in [1.29, 1.82) is 0 Å². The zero-order chi connectivity index (χ0) is 17.3. The first-order chi connectivity index (χ1) is 11.5. The van der Waals surface area contributed by atoms with Crippen molar-refractivity contribution in [2.24, 2.45) is 0 Å². The highest BCUT2D eigenvalue weighted by atomic mass is 16.5. The third-order valence-corrected chi connectivity index (χ3v) is 4.21. The van der Waals surface area contributed by atoms with Crippen LogP contribution in [0.4, 0.5) is 11.4 Å². The molecule has 2 aromatic rings. The number of likely N-dealkylation sites (N-methyl/N-ethyl adjacent to an activating group) is 1. The molecule has 1 aliphatic rings. The summed E-state index contributed by atoms with van der Waals surface area (Å²) in [5, 5.41) is 2.94. The highest BCUT2D eigenvalue weighted by Gasteiger charge is 2.29. The van der Waals surface area contributed by atoms with Crippen molar-refractivity contribution in [3.63, 3.8) is 0 Å². The molecular weight excluding hydrogens is 304 g/mol. The molecule has 0 saturated carbocycles. The highest BCUT2D eigenvalue weighted by molar-refractivity contribution is 6.07. The van der Waals surface area contributed by atoms with E-state index >= 15 is 0 Å². The lowest BCUT2D eigenvalue weighted by atomic mass is 10.1. The molecule has 2 amide bonds. The van der Waals surface area contributed by atoms with E-state index in [0.717, 1.165) is 17.7 Å². The molecule has 124 valence electrons. The van der Waals surface area contributed by atoms with Gasteiger partial charge in [0.2, 0.25) is 0 Å². The first-order valence-electron chi connectivity index (χ1n) is 7.98. The zero-order valence-corrected chi connectivity index (χ0v) is 14.0. The van der Waals surface area contributed by atoms with E-state index in [-0.39, 0.29) is 11.8 Å². The van der Waals surface area contributed by atoms with E-state index in [1.807, 2.05) is 31.2 Å². The summed E-state index contributed by atoms with van der Waals surface area (Å²) in [5.41, 5.74) is 2.97. The van der Waals surface area contributed by atoms with Gasteiger partial charge in [-0.2, -0.15) is 0 Å². The Kier molecular flexibility index (Phi) is 4.25. The van der Waals surface area contributed by atoms with Crippen LogP contribution in [0.5, 0.6) is 5.75 Å². The summed E-state index contributed by atoms with van der Waals surface area (Å²) in [6, 6.07) is 12.8. The van der Waals surface area contributed by atoms with Crippen molar-refractivity contribution < 1.29 is 14.3 Å². The van der Waals surface area contributed by atoms with Crippen LogP contribution in [0.25, 0.3) is 0 Å². The quantitative estimate of drug-likeness (QED) is 0.943. The predicted molar refractivity (Wildman–Crippen MR) is 93.7 cm³/mol. The molecular formula is C19H20N2O3. The number of benzene rings is 2. The SMILES string of the molecule is CCc1ccccc1NC(=O)c1ccc2c(c1)N(C)C(=O)C(C)O2. The van der Waals surface area contributed by atoms with Crippen LogP contribution < -0.4 is 15.0 Å². The summed E-state index contributed by atoms with van der Waals surface area (Å²) in [7, 11) is 1.69. The minimum Gasteiger partial charge on any atom is -0.479 e. The van der Waals surface area contributed by atoms with E-state index in [1.165, 1.54) is 4.90 Å². The lowest BCUT2D eigenvalue weighted by Crippen LogP contribution is -2.42. The summed E-state index contributed by atoms with van der Waals surface area (Å²) in [4.78, 5) is 26.1. The molecule has 1 heterocycles. The highest BCUT2D eigenvalue weighted by Crippen LogP contribution is 2.34. The molecule has 5 nitrogen and oxygen atoms in total. The fraction of sp³-hybridized carbons (Fsp3) is 0.263. The Morgan fingerprint density at radius 1 is 1.25 bits per heavy atom. The molecule has 24 heavy (non-hydrogen) atoms. The lowest BCUT2D eigenvalue weighted by Gasteiger charge is -2.30. The number of fused-ring (bicyclic) bond motifs is 1. The summed E-state index contributed by atoms with van der Waals surface area (Å²) >= 11 is 0. The zero-order valence-electron chi connectivity index (χ0n) is 14.0. The third-order valence-electron chi connectivity index (χ3n) is 4.21. The van der Waals surface area contributed by atoms with Gasteiger partial charge in [-0.25, -0.2) is 0 Å². The van der Waals surface area contributed by atoms with Crippen molar-refractivity contribution in [1.82, 2.24) is 0 Å². The second kappa shape index (κ2) is 6.35. The molecule has 2 aromatic carbocycles. The molecule has 0 aliphatic carbocycles. The second-order valence-electron chi connectivity index (χ2n) is 5.80. The van der Waals surface area contributed by atoms with E-state index in [2.05, 4.69) is 5.32 Å². The molecule has 0 bridgehead atoms. The smallest absolute Gasteiger partial charge is 0.267 e. The minimum absolute atomic E-state index is 0.128. The third kappa shape index (κ3) is 2.85. The summed E-state index contributed by atoms with van der Waals surface area (Å²) in [5.74, 6) is 0.268. The number of hydrogen-bond acceptors (Lipinski definition) is 3. The molecule has 1 N–H and O–H groups in total. The number of rotatable bonds is 3. The Bertz CT molecular complexity index is 801. The normalized spacial score (nSPS) is 16.4. The fourth-order valence-corrected chi connectivity index (χ4v) is 2.80. The average Bonchev–Trinajstić information content (AvgIpc) is 2.60. The molecule has 0 radical (unpaired) electrons. The van der Waals surface area contributed by atoms with Crippen LogP contribution in [-0.2, 0) is 11.2 Å². The van der Waals surface area contributed by atoms with Gasteiger partial charge in [0.15, 0.2) is 6.10 Å². The van der Waals surface area contributed by atoms with Crippen LogP contribution in [0, 0.1) is 0 Å². The van der Waals surface area contributed by atoms with Gasteiger partial charge >= 0.3 is 0 Å². The van der Waals surface area contributed by atoms with Gasteiger partial charge in [-0.3, -0.25) is 9.59 Å². The Balaban J connectivity index is 1.88. The van der Waals surface area contributed by atoms with Crippen LogP contribution >= 0.6 is 0 Å². The molecule has 0 aromatic heterocycles. The van der Waals surface area contributed by atoms with Gasteiger partial charge in [0.05, 0.1) is 5.69 Å². The molecule has 1 aliphatic heterocycles. The van der Waals surface area contributed by atoms with E-state index in [1.54, 1.807) is 32.2 Å². The van der Waals surface area contributed by atoms with Crippen LogP contribution in [0.2, 0.25) is 0 Å². The Morgan fingerprint density at radius 3 is 2.75 bits per heavy atom. The number of carbonyl (C=O) groups is 2. The predicted octanol–water partition coefficient (Wildman–Crippen LogP) is 3.25. The van der Waals surface area contributed by atoms with Crippen molar-refractivity contribution in [3.8, 4) is 5.75 Å². The van der Waals surface area contributed by atoms with E-state index in [9.17, 15) is 9.59 Å². The molecule has 5 heteroatoms. The number of ether oxygens (including phenoxy) is 1. The standard InChI is InChI=1S/C19H20N2O3/c1-4-13-7-5-6-8-15(13)20-18(22)14-9-10-17-16(11-14)21(3)19(23)12(2)24-17/h5-12H,4H2,1-3H3,(H,20,22). The first-order valence-corrected chi connectivity index (χ1v) is 7.98. The number of nitrogens with one attached hydrogen (secondary N) is 1. The van der Waals surface area contributed by atoms with Crippen molar-refractivity contribution in [2.75, 3.05) is 17.3 Å². The molecule has 0 saturated heterocycles. The molecule has 1 atom stereocenters. The average molecular weight is 324 g/mol. The number of aryl methyl sites for hydroxylation is 1. The van der Waals surface area contributed by atoms with Crippen molar-refractivity contribution in [2.45, 2.75) is 26.4 Å². The van der Waals surface area contributed by atoms with Gasteiger partial charge in [-0.15, -0.1) is 0 Å². The number of hydrogen-bond donors (Lipinski definition) is 1. The molecule has 0 fully saturated rings. The summed E-state index contributed by atoms with van der Waals surface area (Å²) < 4.78 is 5.58. The molecule has 0 spiro atoms. The number of carbonyl (C=O) groups excluding carboxylic acids is 2. The molecule has 1 unspecified atom stereocenters. The van der Waals surface area contributed by atoms with E-state index < -0.39 is 6.10 Å². The minimum atomic E-state index is -0.515. The van der Waals surface area contributed by atoms with Crippen molar-refractivity contribution in [3.05, 3.63) is 53.6 Å². The summed E-state index contributed by atoms with van der Waals surface area (Å²) in [6.07, 6.45) is 0.322. The Labute approximate surface area is 141 Å². The van der Waals surface area contributed by atoms with Gasteiger partial charge in [-0.1, -0.05) is 25.1 Å². The largest absolute Gasteiger partial charge is 0.479 e. The van der Waals surface area contributed by atoms with Gasteiger partial charge < -0.3 is 15.0 Å². The maximum atomic E-state index is 12.6. The van der Waals surface area contributed by atoms with Crippen LogP contribution in [-0.4, -0.2) is 25.0 Å². The van der Waals surface area contributed by atoms with Gasteiger partial charge in [-0.05, 0) is 43.2 Å². The van der Waals surface area contributed by atoms with Gasteiger partial charge in [0.1, 0.15) is 5.75 Å². The van der Waals surface area contributed by atoms with Crippen LogP contribution in [0.15, 0.2) is 42.5 Å². The van der Waals surface area contributed by atoms with Crippen LogP contribution in [0.1, 0.15) is 29.8 Å². The maximum Gasteiger partial charge on any atom is 0.267 e. The number of anilines is 2. The first kappa shape index (κ1) is 16.1. The number of para-hydroxylation sites is 1. The fourth-order valence-electron chi connectivity index (χ4n) is 2.80. The van der Waals surface area contributed by atoms with E-state index in [0.29, 0.717) is 17.0 Å². The Morgan fingerprint density at radius 2 is 2.00 bits per heavy atom. The monoisotopic (exact) mass is 324 g/mol. The van der Waals surface area contributed by atoms with Crippen molar-refractivity contribution >= 4 is 23.2 Å². The van der Waals surface area contributed by atoms with Crippen LogP contribution in [0.3, 0.4) is 0 Å². The van der Waals surface area contributed by atoms with Gasteiger partial charge in [0.25, 0.3) is 11.8 Å². The Hall–Kier alpha value is -2.82. The maximum absolute atomic E-state index is 12.6. The number of amides is 2.